The van der Waals surface area contributed by atoms with Gasteiger partial charge in [-0.15, -0.1) is 0 Å². The molecule has 3 aromatic rings. The first kappa shape index (κ1) is 18.7. The summed E-state index contributed by atoms with van der Waals surface area (Å²) in [5.41, 5.74) is 3.70. The van der Waals surface area contributed by atoms with E-state index in [2.05, 4.69) is 37.8 Å². The predicted octanol–water partition coefficient (Wildman–Crippen LogP) is 4.35. The SMILES string of the molecule is COc1ccc(Br)c(C(=O)NC[C@H](c2ccsc2)n2nc(C)cc2C)c1. The van der Waals surface area contributed by atoms with Gasteiger partial charge in [0, 0.05) is 16.7 Å². The lowest BCUT2D eigenvalue weighted by Gasteiger charge is -2.19. The molecule has 136 valence electrons. The molecular formula is C19H20BrN3O2S. The van der Waals surface area contributed by atoms with Crippen LogP contribution >= 0.6 is 27.3 Å². The number of benzene rings is 1. The second-order valence-corrected chi connectivity index (χ2v) is 7.63. The lowest BCUT2D eigenvalue weighted by atomic mass is 10.1. The quantitative estimate of drug-likeness (QED) is 0.628. The zero-order valence-corrected chi connectivity index (χ0v) is 17.2. The highest BCUT2D eigenvalue weighted by Crippen LogP contribution is 2.24. The highest BCUT2D eigenvalue weighted by atomic mass is 79.9. The van der Waals surface area contributed by atoms with E-state index in [4.69, 9.17) is 4.74 Å². The minimum atomic E-state index is -0.155. The fourth-order valence-corrected chi connectivity index (χ4v) is 4.00. The van der Waals surface area contributed by atoms with Gasteiger partial charge in [-0.2, -0.15) is 16.4 Å². The molecule has 1 N–H and O–H groups in total. The van der Waals surface area contributed by atoms with Crippen LogP contribution in [0.4, 0.5) is 0 Å². The number of halogens is 1. The largest absolute Gasteiger partial charge is 0.497 e. The van der Waals surface area contributed by atoms with Crippen molar-refractivity contribution in [3.63, 3.8) is 0 Å². The van der Waals surface area contributed by atoms with Crippen molar-refractivity contribution in [1.82, 2.24) is 15.1 Å². The average molecular weight is 434 g/mol. The lowest BCUT2D eigenvalue weighted by Crippen LogP contribution is -2.32. The standard InChI is InChI=1S/C19H20BrN3O2S/c1-12-8-13(2)23(22-12)18(14-6-7-26-11-14)10-21-19(24)16-9-15(25-3)4-5-17(16)20/h4-9,11,18H,10H2,1-3H3,(H,21,24)/t18-/m1/s1. The molecule has 3 rings (SSSR count). The van der Waals surface area contributed by atoms with E-state index in [-0.39, 0.29) is 11.9 Å². The number of amides is 1. The van der Waals surface area contributed by atoms with E-state index in [9.17, 15) is 4.79 Å². The van der Waals surface area contributed by atoms with Crippen LogP contribution in [0.5, 0.6) is 5.75 Å². The molecule has 0 bridgehead atoms. The van der Waals surface area contributed by atoms with E-state index in [0.29, 0.717) is 17.9 Å². The molecule has 5 nitrogen and oxygen atoms in total. The molecule has 0 radical (unpaired) electrons. The number of methoxy groups -OCH3 is 1. The summed E-state index contributed by atoms with van der Waals surface area (Å²) in [6.07, 6.45) is 0. The molecule has 2 heterocycles. The Balaban J connectivity index is 1.82. The summed E-state index contributed by atoms with van der Waals surface area (Å²) >= 11 is 5.07. The van der Waals surface area contributed by atoms with E-state index in [1.54, 1.807) is 24.5 Å². The van der Waals surface area contributed by atoms with Crippen molar-refractivity contribution in [2.45, 2.75) is 19.9 Å². The Morgan fingerprint density at radius 3 is 2.77 bits per heavy atom. The molecule has 0 aliphatic rings. The summed E-state index contributed by atoms with van der Waals surface area (Å²) in [5, 5.41) is 11.8. The molecule has 7 heteroatoms. The fraction of sp³-hybridized carbons (Fsp3) is 0.263. The van der Waals surface area contributed by atoms with Gasteiger partial charge in [0.1, 0.15) is 5.75 Å². The van der Waals surface area contributed by atoms with Crippen molar-refractivity contribution in [3.05, 3.63) is 68.1 Å². The fourth-order valence-electron chi connectivity index (χ4n) is 2.86. The Bertz CT molecular complexity index is 906. The van der Waals surface area contributed by atoms with Crippen LogP contribution in [0.2, 0.25) is 0 Å². The second kappa shape index (κ2) is 8.05. The molecule has 0 aliphatic carbocycles. The maximum absolute atomic E-state index is 12.7. The minimum absolute atomic E-state index is 0.0525. The normalized spacial score (nSPS) is 12.0. The van der Waals surface area contributed by atoms with Gasteiger partial charge in [0.25, 0.3) is 5.91 Å². The van der Waals surface area contributed by atoms with Gasteiger partial charge in [0.2, 0.25) is 0 Å². The molecule has 0 unspecified atom stereocenters. The Hall–Kier alpha value is -2.12. The Kier molecular flexibility index (Phi) is 5.78. The number of carbonyl (C=O) groups is 1. The van der Waals surface area contributed by atoms with Gasteiger partial charge in [-0.3, -0.25) is 9.48 Å². The number of nitrogens with zero attached hydrogens (tertiary/aromatic N) is 2. The molecule has 26 heavy (non-hydrogen) atoms. The van der Waals surface area contributed by atoms with Gasteiger partial charge < -0.3 is 10.1 Å². The van der Waals surface area contributed by atoms with Crippen LogP contribution in [-0.4, -0.2) is 29.3 Å². The number of aromatic nitrogens is 2. The number of rotatable bonds is 6. The van der Waals surface area contributed by atoms with Crippen LogP contribution in [0.15, 0.2) is 45.6 Å². The van der Waals surface area contributed by atoms with Gasteiger partial charge in [-0.1, -0.05) is 0 Å². The Morgan fingerprint density at radius 2 is 2.15 bits per heavy atom. The van der Waals surface area contributed by atoms with Gasteiger partial charge in [0.15, 0.2) is 0 Å². The molecule has 1 aromatic carbocycles. The topological polar surface area (TPSA) is 56.1 Å². The smallest absolute Gasteiger partial charge is 0.252 e. The lowest BCUT2D eigenvalue weighted by molar-refractivity contribution is 0.0948. The molecule has 0 saturated carbocycles. The van der Waals surface area contributed by atoms with E-state index in [1.165, 1.54) is 0 Å². The van der Waals surface area contributed by atoms with Crippen molar-refractivity contribution in [2.24, 2.45) is 0 Å². The zero-order chi connectivity index (χ0) is 18.7. The molecule has 0 fully saturated rings. The minimum Gasteiger partial charge on any atom is -0.497 e. The first-order valence-electron chi connectivity index (χ1n) is 8.16. The molecular weight excluding hydrogens is 414 g/mol. The van der Waals surface area contributed by atoms with Crippen molar-refractivity contribution < 1.29 is 9.53 Å². The number of thiophene rings is 1. The number of carbonyl (C=O) groups excluding carboxylic acids is 1. The Labute approximate surface area is 165 Å². The van der Waals surface area contributed by atoms with Crippen LogP contribution in [-0.2, 0) is 0 Å². The first-order valence-corrected chi connectivity index (χ1v) is 9.89. The third-order valence-electron chi connectivity index (χ3n) is 4.14. The second-order valence-electron chi connectivity index (χ2n) is 6.00. The van der Waals surface area contributed by atoms with Crippen molar-refractivity contribution in [1.29, 1.82) is 0 Å². The van der Waals surface area contributed by atoms with E-state index < -0.39 is 0 Å². The van der Waals surface area contributed by atoms with Crippen molar-refractivity contribution in [2.75, 3.05) is 13.7 Å². The highest BCUT2D eigenvalue weighted by Gasteiger charge is 2.20. The van der Waals surface area contributed by atoms with E-state index in [1.807, 2.05) is 42.1 Å². The van der Waals surface area contributed by atoms with E-state index >= 15 is 0 Å². The molecule has 1 atom stereocenters. The summed E-state index contributed by atoms with van der Waals surface area (Å²) in [5.74, 6) is 0.490. The van der Waals surface area contributed by atoms with Crippen LogP contribution in [0.3, 0.4) is 0 Å². The monoisotopic (exact) mass is 433 g/mol. The number of aryl methyl sites for hydroxylation is 2. The third kappa shape index (κ3) is 3.99. The maximum Gasteiger partial charge on any atom is 0.252 e. The van der Waals surface area contributed by atoms with Gasteiger partial charge in [-0.25, -0.2) is 0 Å². The molecule has 0 spiro atoms. The first-order chi connectivity index (χ1) is 12.5. The molecule has 2 aromatic heterocycles. The predicted molar refractivity (Wildman–Crippen MR) is 107 cm³/mol. The van der Waals surface area contributed by atoms with Gasteiger partial charge >= 0.3 is 0 Å². The molecule has 0 aliphatic heterocycles. The summed E-state index contributed by atoms with van der Waals surface area (Å²) in [4.78, 5) is 12.7. The number of nitrogens with one attached hydrogen (secondary N) is 1. The van der Waals surface area contributed by atoms with Crippen LogP contribution in [0.1, 0.15) is 33.4 Å². The average Bonchev–Trinajstić information content (AvgIpc) is 3.26. The third-order valence-corrected chi connectivity index (χ3v) is 5.53. The molecule has 0 saturated heterocycles. The summed E-state index contributed by atoms with van der Waals surface area (Å²) in [6.45, 7) is 4.45. The van der Waals surface area contributed by atoms with Crippen LogP contribution in [0.25, 0.3) is 0 Å². The van der Waals surface area contributed by atoms with Crippen molar-refractivity contribution in [3.8, 4) is 5.75 Å². The highest BCUT2D eigenvalue weighted by molar-refractivity contribution is 9.10. The van der Waals surface area contributed by atoms with Crippen LogP contribution < -0.4 is 10.1 Å². The number of hydrogen-bond acceptors (Lipinski definition) is 4. The Morgan fingerprint density at radius 1 is 1.35 bits per heavy atom. The molecule has 1 amide bonds. The summed E-state index contributed by atoms with van der Waals surface area (Å²) in [6, 6.07) is 9.40. The summed E-state index contributed by atoms with van der Waals surface area (Å²) < 4.78 is 7.92. The van der Waals surface area contributed by atoms with Gasteiger partial charge in [-0.05, 0) is 76.4 Å². The maximum atomic E-state index is 12.7. The number of hydrogen-bond donors (Lipinski definition) is 1. The van der Waals surface area contributed by atoms with Crippen LogP contribution in [0, 0.1) is 13.8 Å². The zero-order valence-electron chi connectivity index (χ0n) is 14.8. The summed E-state index contributed by atoms with van der Waals surface area (Å²) in [7, 11) is 1.58. The van der Waals surface area contributed by atoms with E-state index in [0.717, 1.165) is 21.4 Å². The number of ether oxygens (including phenoxy) is 1. The van der Waals surface area contributed by atoms with Crippen molar-refractivity contribution >= 4 is 33.2 Å². The van der Waals surface area contributed by atoms with Gasteiger partial charge in [0.05, 0.1) is 24.4 Å².